The summed E-state index contributed by atoms with van der Waals surface area (Å²) in [4.78, 5) is 27.3. The second kappa shape index (κ2) is 14.3. The molecule has 0 fully saturated rings. The van der Waals surface area contributed by atoms with Crippen LogP contribution in [-0.2, 0) is 16.1 Å². The fourth-order valence-electron chi connectivity index (χ4n) is 5.04. The maximum Gasteiger partial charge on any atom is 0.407 e. The lowest BCUT2D eigenvalue weighted by Gasteiger charge is -2.41. The number of ether oxygens (including phenoxy) is 1. The van der Waals surface area contributed by atoms with Crippen LogP contribution >= 0.6 is 11.6 Å². The summed E-state index contributed by atoms with van der Waals surface area (Å²) in [5.74, 6) is -1.86. The van der Waals surface area contributed by atoms with E-state index >= 15 is 0 Å². The second-order valence-corrected chi connectivity index (χ2v) is 12.9. The van der Waals surface area contributed by atoms with Gasteiger partial charge < -0.3 is 19.5 Å². The molecule has 2 atom stereocenters. The molecule has 1 N–H and O–H groups in total. The first kappa shape index (κ1) is 34.0. The second-order valence-electron chi connectivity index (χ2n) is 12.7. The Kier molecular flexibility index (Phi) is 11.4. The number of amides is 2. The minimum atomic E-state index is -0.908. The van der Waals surface area contributed by atoms with Crippen LogP contribution in [0.4, 0.5) is 18.0 Å². The van der Waals surface area contributed by atoms with Gasteiger partial charge in [0.15, 0.2) is 0 Å². The third-order valence-corrected chi connectivity index (χ3v) is 7.07. The molecule has 0 aliphatic rings. The molecule has 10 heteroatoms. The number of halogens is 4. The van der Waals surface area contributed by atoms with E-state index in [0.717, 1.165) is 23.8 Å². The molecule has 43 heavy (non-hydrogen) atoms. The van der Waals surface area contributed by atoms with Crippen molar-refractivity contribution >= 4 is 23.6 Å². The molecule has 2 amide bonds. The van der Waals surface area contributed by atoms with Crippen molar-refractivity contribution in [2.24, 2.45) is 5.41 Å². The molecule has 3 rings (SSSR count). The van der Waals surface area contributed by atoms with Crippen molar-refractivity contribution in [3.8, 4) is 11.1 Å². The first-order valence-electron chi connectivity index (χ1n) is 14.2. The van der Waals surface area contributed by atoms with E-state index in [0.29, 0.717) is 17.8 Å². The van der Waals surface area contributed by atoms with E-state index in [1.807, 2.05) is 55.7 Å². The van der Waals surface area contributed by atoms with Crippen molar-refractivity contribution in [3.63, 3.8) is 0 Å². The molecule has 0 bridgehead atoms. The zero-order valence-corrected chi connectivity index (χ0v) is 26.4. The van der Waals surface area contributed by atoms with Gasteiger partial charge in [0.05, 0.1) is 12.1 Å². The van der Waals surface area contributed by atoms with Crippen molar-refractivity contribution in [2.75, 3.05) is 19.1 Å². The number of rotatable bonds is 11. The normalized spacial score (nSPS) is 13.3. The standard InChI is InChI=1S/C33H41ClF3N3O3/c1-32(2,3)30(40(29(41)18-34)15-14-25(19-35)38-31(42)43-33(4,5)6)28-16-23(26-17-24(36)12-13-27(26)37)21-39(28)20-22-10-8-7-9-11-22/h7-13,16-17,21,25,30H,14-15,18-20H2,1-6H3,(H,38,42)/t25?,30-/m0/s1. The Morgan fingerprint density at radius 3 is 2.28 bits per heavy atom. The fourth-order valence-corrected chi connectivity index (χ4v) is 5.20. The van der Waals surface area contributed by atoms with Gasteiger partial charge in [-0.2, -0.15) is 0 Å². The van der Waals surface area contributed by atoms with E-state index in [9.17, 15) is 22.8 Å². The highest BCUT2D eigenvalue weighted by molar-refractivity contribution is 6.27. The zero-order chi connectivity index (χ0) is 31.9. The molecular formula is C33H41ClF3N3O3. The molecule has 1 heterocycles. The monoisotopic (exact) mass is 619 g/mol. The maximum atomic E-state index is 14.9. The number of hydrogen-bond donors (Lipinski definition) is 1. The number of benzene rings is 2. The fraction of sp³-hybridized carbons (Fsp3) is 0.455. The minimum absolute atomic E-state index is 0.0675. The van der Waals surface area contributed by atoms with E-state index in [2.05, 4.69) is 5.32 Å². The van der Waals surface area contributed by atoms with Crippen molar-refractivity contribution in [1.82, 2.24) is 14.8 Å². The van der Waals surface area contributed by atoms with E-state index in [1.165, 1.54) is 0 Å². The number of alkyl carbamates (subject to hydrolysis) is 1. The average Bonchev–Trinajstić information content (AvgIpc) is 3.32. The Morgan fingerprint density at radius 2 is 1.70 bits per heavy atom. The molecule has 0 aliphatic heterocycles. The van der Waals surface area contributed by atoms with Crippen molar-refractivity contribution < 1.29 is 27.5 Å². The molecule has 6 nitrogen and oxygen atoms in total. The summed E-state index contributed by atoms with van der Waals surface area (Å²) >= 11 is 6.09. The first-order valence-corrected chi connectivity index (χ1v) is 14.8. The van der Waals surface area contributed by atoms with Crippen LogP contribution < -0.4 is 5.32 Å². The van der Waals surface area contributed by atoms with Crippen LogP contribution in [0.2, 0.25) is 0 Å². The SMILES string of the molecule is CC(C)(C)OC(=O)NC(CF)CCN(C(=O)CCl)[C@@H](c1cc(-c2cc(F)ccc2F)cn1Cc1ccccc1)C(C)(C)C. The van der Waals surface area contributed by atoms with Gasteiger partial charge in [-0.1, -0.05) is 51.1 Å². The Hall–Kier alpha value is -3.46. The summed E-state index contributed by atoms with van der Waals surface area (Å²) < 4.78 is 50.3. The average molecular weight is 620 g/mol. The molecule has 3 aromatic rings. The predicted octanol–water partition coefficient (Wildman–Crippen LogP) is 7.89. The number of nitrogens with zero attached hydrogens (tertiary/aromatic N) is 2. The van der Waals surface area contributed by atoms with Gasteiger partial charge in [0.2, 0.25) is 5.91 Å². The molecule has 234 valence electrons. The van der Waals surface area contributed by atoms with Gasteiger partial charge in [-0.3, -0.25) is 4.79 Å². The summed E-state index contributed by atoms with van der Waals surface area (Å²) in [7, 11) is 0. The van der Waals surface area contributed by atoms with Crippen LogP contribution in [0.1, 0.15) is 65.3 Å². The number of carbonyl (C=O) groups excluding carboxylic acids is 2. The topological polar surface area (TPSA) is 63.6 Å². The van der Waals surface area contributed by atoms with Crippen LogP contribution in [0.3, 0.4) is 0 Å². The third kappa shape index (κ3) is 9.51. The van der Waals surface area contributed by atoms with Crippen molar-refractivity contribution in [1.29, 1.82) is 0 Å². The lowest BCUT2D eigenvalue weighted by atomic mass is 9.82. The van der Waals surface area contributed by atoms with Gasteiger partial charge in [-0.25, -0.2) is 18.0 Å². The Balaban J connectivity index is 2.07. The molecule has 0 saturated carbocycles. The molecule has 0 aliphatic carbocycles. The Labute approximate surface area is 257 Å². The van der Waals surface area contributed by atoms with Crippen LogP contribution in [-0.4, -0.2) is 52.2 Å². The number of aromatic nitrogens is 1. The lowest BCUT2D eigenvalue weighted by Crippen LogP contribution is -2.46. The van der Waals surface area contributed by atoms with Crippen molar-refractivity contribution in [3.05, 3.63) is 83.7 Å². The zero-order valence-electron chi connectivity index (χ0n) is 25.6. The predicted molar refractivity (Wildman–Crippen MR) is 164 cm³/mol. The summed E-state index contributed by atoms with van der Waals surface area (Å²) in [5, 5.41) is 2.54. The van der Waals surface area contributed by atoms with Crippen LogP contribution in [0.5, 0.6) is 0 Å². The highest BCUT2D eigenvalue weighted by Gasteiger charge is 2.37. The molecule has 1 unspecified atom stereocenters. The Bertz CT molecular complexity index is 1380. The number of nitrogens with one attached hydrogen (secondary N) is 1. The highest BCUT2D eigenvalue weighted by atomic mass is 35.5. The molecule has 0 spiro atoms. The number of alkyl halides is 2. The summed E-state index contributed by atoms with van der Waals surface area (Å²) in [6, 6.07) is 13.2. The number of carbonyl (C=O) groups is 2. The van der Waals surface area contributed by atoms with Crippen LogP contribution in [0.25, 0.3) is 11.1 Å². The van der Waals surface area contributed by atoms with E-state index in [-0.39, 0.29) is 30.3 Å². The minimum Gasteiger partial charge on any atom is -0.444 e. The summed E-state index contributed by atoms with van der Waals surface area (Å²) in [6.45, 7) is 10.6. The van der Waals surface area contributed by atoms with Gasteiger partial charge in [0.1, 0.15) is 29.8 Å². The van der Waals surface area contributed by atoms with Gasteiger partial charge in [-0.05, 0) is 62.4 Å². The summed E-state index contributed by atoms with van der Waals surface area (Å²) in [6.07, 6.45) is 1.09. The van der Waals surface area contributed by atoms with Gasteiger partial charge in [0.25, 0.3) is 0 Å². The quantitative estimate of drug-likeness (QED) is 0.222. The lowest BCUT2D eigenvalue weighted by molar-refractivity contribution is -0.133. The maximum absolute atomic E-state index is 14.9. The highest BCUT2D eigenvalue weighted by Crippen LogP contribution is 2.41. The molecule has 2 aromatic carbocycles. The van der Waals surface area contributed by atoms with Crippen molar-refractivity contribution in [2.45, 2.75) is 72.2 Å². The smallest absolute Gasteiger partial charge is 0.407 e. The van der Waals surface area contributed by atoms with Crippen LogP contribution in [0, 0.1) is 17.0 Å². The molecular weight excluding hydrogens is 579 g/mol. The third-order valence-electron chi connectivity index (χ3n) is 6.84. The van der Waals surface area contributed by atoms with E-state index in [4.69, 9.17) is 16.3 Å². The van der Waals surface area contributed by atoms with Gasteiger partial charge >= 0.3 is 6.09 Å². The summed E-state index contributed by atoms with van der Waals surface area (Å²) in [5.41, 5.74) is 0.846. The number of hydrogen-bond acceptors (Lipinski definition) is 3. The van der Waals surface area contributed by atoms with E-state index in [1.54, 1.807) is 37.9 Å². The largest absolute Gasteiger partial charge is 0.444 e. The molecule has 0 radical (unpaired) electrons. The molecule has 0 saturated heterocycles. The van der Waals surface area contributed by atoms with Gasteiger partial charge in [-0.15, -0.1) is 11.6 Å². The first-order chi connectivity index (χ1) is 20.1. The van der Waals surface area contributed by atoms with E-state index < -0.39 is 47.5 Å². The van der Waals surface area contributed by atoms with Gasteiger partial charge in [0, 0.05) is 36.1 Å². The van der Waals surface area contributed by atoms with Crippen LogP contribution in [0.15, 0.2) is 60.8 Å². The Morgan fingerprint density at radius 1 is 1.02 bits per heavy atom. The molecule has 1 aromatic heterocycles.